The number of hydrogen-bond acceptors (Lipinski definition) is 4. The van der Waals surface area contributed by atoms with E-state index in [1.165, 1.54) is 18.2 Å². The number of fused-ring (bicyclic) bond motifs is 1. The molecular formula is C12H8F2O4. The molecule has 0 saturated heterocycles. The van der Waals surface area contributed by atoms with Crippen LogP contribution in [0.5, 0.6) is 11.5 Å². The van der Waals surface area contributed by atoms with Crippen LogP contribution in [0.15, 0.2) is 18.2 Å². The maximum atomic E-state index is 12.7. The van der Waals surface area contributed by atoms with Crippen molar-refractivity contribution in [2.75, 3.05) is 6.61 Å². The Morgan fingerprint density at radius 1 is 1.39 bits per heavy atom. The Labute approximate surface area is 101 Å². The summed E-state index contributed by atoms with van der Waals surface area (Å²) >= 11 is 0. The highest BCUT2D eigenvalue weighted by Gasteiger charge is 2.43. The second-order valence-electron chi connectivity index (χ2n) is 3.30. The van der Waals surface area contributed by atoms with E-state index in [4.69, 9.17) is 0 Å². The van der Waals surface area contributed by atoms with E-state index >= 15 is 0 Å². The van der Waals surface area contributed by atoms with Crippen LogP contribution in [0.4, 0.5) is 8.78 Å². The summed E-state index contributed by atoms with van der Waals surface area (Å²) in [7, 11) is 0. The quantitative estimate of drug-likeness (QED) is 0.567. The highest BCUT2D eigenvalue weighted by Crippen LogP contribution is 2.40. The van der Waals surface area contributed by atoms with Gasteiger partial charge in [0.05, 0.1) is 6.61 Å². The number of esters is 1. The van der Waals surface area contributed by atoms with Gasteiger partial charge >= 0.3 is 12.3 Å². The van der Waals surface area contributed by atoms with Crippen molar-refractivity contribution in [1.82, 2.24) is 0 Å². The van der Waals surface area contributed by atoms with Crippen LogP contribution >= 0.6 is 0 Å². The number of halogens is 2. The zero-order chi connectivity index (χ0) is 13.2. The predicted octanol–water partition coefficient (Wildman–Crippen LogP) is 1.92. The summed E-state index contributed by atoms with van der Waals surface area (Å²) in [6, 6.07) is 4.00. The first-order chi connectivity index (χ1) is 8.50. The van der Waals surface area contributed by atoms with Gasteiger partial charge in [-0.15, -0.1) is 8.78 Å². The molecule has 1 aromatic rings. The lowest BCUT2D eigenvalue weighted by molar-refractivity contribution is -0.286. The minimum absolute atomic E-state index is 0.0679. The number of carbonyl (C=O) groups is 1. The first kappa shape index (κ1) is 12.2. The van der Waals surface area contributed by atoms with Crippen LogP contribution in [-0.4, -0.2) is 18.9 Å². The van der Waals surface area contributed by atoms with Crippen molar-refractivity contribution in [1.29, 1.82) is 0 Å². The molecule has 94 valence electrons. The maximum absolute atomic E-state index is 12.7. The fourth-order valence-corrected chi connectivity index (χ4v) is 1.32. The molecule has 1 heterocycles. The van der Waals surface area contributed by atoms with E-state index in [1.54, 1.807) is 6.92 Å². The molecule has 0 radical (unpaired) electrons. The average molecular weight is 254 g/mol. The lowest BCUT2D eigenvalue weighted by Crippen LogP contribution is -2.25. The van der Waals surface area contributed by atoms with Crippen LogP contribution in [0.1, 0.15) is 12.5 Å². The zero-order valence-corrected chi connectivity index (χ0v) is 9.33. The largest absolute Gasteiger partial charge is 0.586 e. The summed E-state index contributed by atoms with van der Waals surface area (Å²) in [4.78, 5) is 11.0. The molecule has 0 N–H and O–H groups in total. The Hall–Kier alpha value is -2.29. The molecule has 0 spiro atoms. The van der Waals surface area contributed by atoms with Gasteiger partial charge in [-0.25, -0.2) is 4.79 Å². The molecule has 0 amide bonds. The highest BCUT2D eigenvalue weighted by atomic mass is 19.3. The number of rotatable bonds is 1. The van der Waals surface area contributed by atoms with Gasteiger partial charge in [0.25, 0.3) is 0 Å². The molecule has 0 unspecified atom stereocenters. The van der Waals surface area contributed by atoms with Gasteiger partial charge in [-0.3, -0.25) is 0 Å². The summed E-state index contributed by atoms with van der Waals surface area (Å²) in [5.41, 5.74) is 0.350. The maximum Gasteiger partial charge on any atom is 0.586 e. The minimum Gasteiger partial charge on any atom is -0.456 e. The third kappa shape index (κ3) is 2.69. The molecule has 1 aromatic carbocycles. The second-order valence-corrected chi connectivity index (χ2v) is 3.30. The average Bonchev–Trinajstić information content (AvgIpc) is 2.59. The van der Waals surface area contributed by atoms with Gasteiger partial charge in [0.1, 0.15) is 0 Å². The van der Waals surface area contributed by atoms with Crippen molar-refractivity contribution < 1.29 is 27.8 Å². The van der Waals surface area contributed by atoms with Crippen molar-refractivity contribution in [3.05, 3.63) is 23.8 Å². The van der Waals surface area contributed by atoms with E-state index < -0.39 is 12.3 Å². The molecule has 1 aliphatic rings. The molecule has 1 aliphatic heterocycles. The molecule has 18 heavy (non-hydrogen) atoms. The summed E-state index contributed by atoms with van der Waals surface area (Å²) in [6.45, 7) is 1.88. The normalized spacial score (nSPS) is 14.6. The van der Waals surface area contributed by atoms with Gasteiger partial charge in [-0.1, -0.05) is 5.92 Å². The lowest BCUT2D eigenvalue weighted by atomic mass is 10.2. The van der Waals surface area contributed by atoms with Crippen molar-refractivity contribution in [3.63, 3.8) is 0 Å². The fourth-order valence-electron chi connectivity index (χ4n) is 1.32. The Morgan fingerprint density at radius 2 is 2.11 bits per heavy atom. The Balaban J connectivity index is 2.17. The molecule has 0 aromatic heterocycles. The van der Waals surface area contributed by atoms with Crippen LogP contribution in [0.25, 0.3) is 0 Å². The van der Waals surface area contributed by atoms with Gasteiger partial charge in [0.15, 0.2) is 11.5 Å². The van der Waals surface area contributed by atoms with E-state index in [9.17, 15) is 13.6 Å². The van der Waals surface area contributed by atoms with Crippen LogP contribution in [0.2, 0.25) is 0 Å². The van der Waals surface area contributed by atoms with Crippen molar-refractivity contribution in [2.24, 2.45) is 0 Å². The monoisotopic (exact) mass is 254 g/mol. The molecule has 4 nitrogen and oxygen atoms in total. The molecule has 0 bridgehead atoms. The number of ether oxygens (including phenoxy) is 3. The summed E-state index contributed by atoms with van der Waals surface area (Å²) in [5, 5.41) is 0. The number of benzene rings is 1. The second kappa shape index (κ2) is 4.53. The summed E-state index contributed by atoms with van der Waals surface area (Å²) < 4.78 is 38.5. The van der Waals surface area contributed by atoms with E-state index in [0.29, 0.717) is 5.56 Å². The van der Waals surface area contributed by atoms with Gasteiger partial charge < -0.3 is 14.2 Å². The topological polar surface area (TPSA) is 44.8 Å². The van der Waals surface area contributed by atoms with Gasteiger partial charge in [-0.2, -0.15) is 0 Å². The lowest BCUT2D eigenvalue weighted by Gasteiger charge is -2.04. The first-order valence-corrected chi connectivity index (χ1v) is 5.09. The Bertz CT molecular complexity index is 543. The van der Waals surface area contributed by atoms with Crippen LogP contribution in [0, 0.1) is 11.8 Å². The molecule has 2 rings (SSSR count). The molecule has 0 aliphatic carbocycles. The zero-order valence-electron chi connectivity index (χ0n) is 9.33. The fraction of sp³-hybridized carbons (Fsp3) is 0.250. The third-order valence-electron chi connectivity index (χ3n) is 1.99. The van der Waals surface area contributed by atoms with Crippen LogP contribution < -0.4 is 9.47 Å². The van der Waals surface area contributed by atoms with Gasteiger partial charge in [0.2, 0.25) is 0 Å². The minimum atomic E-state index is -3.66. The van der Waals surface area contributed by atoms with Crippen LogP contribution in [-0.2, 0) is 9.53 Å². The predicted molar refractivity (Wildman–Crippen MR) is 56.2 cm³/mol. The van der Waals surface area contributed by atoms with Crippen molar-refractivity contribution in [2.45, 2.75) is 13.2 Å². The molecule has 0 saturated carbocycles. The molecular weight excluding hydrogens is 246 g/mol. The van der Waals surface area contributed by atoms with Crippen LogP contribution in [0.3, 0.4) is 0 Å². The van der Waals surface area contributed by atoms with E-state index in [-0.39, 0.29) is 18.1 Å². The van der Waals surface area contributed by atoms with Gasteiger partial charge in [0, 0.05) is 17.6 Å². The summed E-state index contributed by atoms with van der Waals surface area (Å²) in [6.07, 6.45) is -3.66. The molecule has 0 atom stereocenters. The summed E-state index contributed by atoms with van der Waals surface area (Å²) in [5.74, 6) is 3.83. The standard InChI is InChI=1S/C12H8F2O4/c1-2-16-11(15)6-4-8-3-5-9-10(7-8)18-12(13,14)17-9/h3,5,7H,2H2,1H3. The van der Waals surface area contributed by atoms with Gasteiger partial charge in [-0.05, 0) is 19.1 Å². The third-order valence-corrected chi connectivity index (χ3v) is 1.99. The SMILES string of the molecule is CCOC(=O)C#Cc1ccc2c(c1)OC(F)(F)O2. The first-order valence-electron chi connectivity index (χ1n) is 5.09. The number of hydrogen-bond donors (Lipinski definition) is 0. The van der Waals surface area contributed by atoms with E-state index in [2.05, 4.69) is 26.1 Å². The molecule has 6 heteroatoms. The smallest absolute Gasteiger partial charge is 0.456 e. The number of alkyl halides is 2. The Morgan fingerprint density at radius 3 is 2.83 bits per heavy atom. The highest BCUT2D eigenvalue weighted by molar-refractivity contribution is 5.89. The van der Waals surface area contributed by atoms with Crippen molar-refractivity contribution >= 4 is 5.97 Å². The van der Waals surface area contributed by atoms with E-state index in [1.807, 2.05) is 0 Å². The van der Waals surface area contributed by atoms with Crippen molar-refractivity contribution in [3.8, 4) is 23.3 Å². The Kier molecular flexibility index (Phi) is 3.06. The van der Waals surface area contributed by atoms with E-state index in [0.717, 1.165) is 0 Å². The molecule has 0 fully saturated rings. The number of carbonyl (C=O) groups excluding carboxylic acids is 1.